The molecule has 0 aliphatic carbocycles. The average Bonchev–Trinajstić information content (AvgIpc) is 3.23. The molecule has 0 fully saturated rings. The Balaban J connectivity index is 1.61. The number of benzene rings is 1. The number of hydrogen-bond donors (Lipinski definition) is 2. The number of nitrogens with one attached hydrogen (secondary N) is 2. The summed E-state index contributed by atoms with van der Waals surface area (Å²) in [6.45, 7) is 6.43. The third kappa shape index (κ3) is 4.74. The number of ether oxygens (including phenoxy) is 1. The van der Waals surface area contributed by atoms with E-state index in [1.54, 1.807) is 36.0 Å². The molecule has 2 N–H and O–H groups in total. The summed E-state index contributed by atoms with van der Waals surface area (Å²) in [4.78, 5) is 11.8. The van der Waals surface area contributed by atoms with E-state index in [-0.39, 0.29) is 5.97 Å². The van der Waals surface area contributed by atoms with E-state index in [1.165, 1.54) is 0 Å². The lowest BCUT2D eigenvalue weighted by atomic mass is 10.2. The van der Waals surface area contributed by atoms with Crippen LogP contribution in [0.2, 0.25) is 0 Å². The van der Waals surface area contributed by atoms with E-state index < -0.39 is 0 Å². The second-order valence-electron chi connectivity index (χ2n) is 6.11. The predicted molar refractivity (Wildman–Crippen MR) is 110 cm³/mol. The van der Waals surface area contributed by atoms with Crippen LogP contribution >= 0.6 is 12.2 Å². The molecule has 9 heteroatoms. The zero-order chi connectivity index (χ0) is 20.1. The number of thiocarbonyl (C=S) groups is 1. The van der Waals surface area contributed by atoms with Crippen LogP contribution in [0.3, 0.4) is 0 Å². The van der Waals surface area contributed by atoms with Gasteiger partial charge in [-0.25, -0.2) is 4.79 Å². The van der Waals surface area contributed by atoms with Gasteiger partial charge in [0.2, 0.25) is 0 Å². The van der Waals surface area contributed by atoms with E-state index in [4.69, 9.17) is 21.5 Å². The van der Waals surface area contributed by atoms with Gasteiger partial charge in [0.25, 0.3) is 0 Å². The quantitative estimate of drug-likeness (QED) is 0.480. The summed E-state index contributed by atoms with van der Waals surface area (Å²) in [6, 6.07) is 6.96. The van der Waals surface area contributed by atoms with Crippen LogP contribution in [0.25, 0.3) is 0 Å². The minimum absolute atomic E-state index is 0.328. The smallest absolute Gasteiger partial charge is 0.338 e. The van der Waals surface area contributed by atoms with Crippen molar-refractivity contribution in [1.29, 1.82) is 0 Å². The standard InChI is InChI=1S/C19H21N5O3S/c1-4-26-18(25)14-6-5-7-15(8-14)21-19(28)22-16-9-20-24(10-16)11-17-12(2)23-27-13(17)3/h5-10H,4,11H2,1-3H3,(H2,21,22,28). The Morgan fingerprint density at radius 2 is 2.07 bits per heavy atom. The highest BCUT2D eigenvalue weighted by Crippen LogP contribution is 2.16. The van der Waals surface area contributed by atoms with Crippen LogP contribution in [0.15, 0.2) is 41.2 Å². The zero-order valence-corrected chi connectivity index (χ0v) is 16.7. The molecule has 28 heavy (non-hydrogen) atoms. The molecule has 2 aromatic heterocycles. The van der Waals surface area contributed by atoms with Gasteiger partial charge in [-0.05, 0) is 51.2 Å². The van der Waals surface area contributed by atoms with Crippen LogP contribution in [0.5, 0.6) is 0 Å². The Morgan fingerprint density at radius 3 is 2.79 bits per heavy atom. The maximum atomic E-state index is 11.8. The first kappa shape index (κ1) is 19.6. The maximum absolute atomic E-state index is 11.8. The lowest BCUT2D eigenvalue weighted by Gasteiger charge is -2.10. The van der Waals surface area contributed by atoms with Crippen molar-refractivity contribution in [3.8, 4) is 0 Å². The summed E-state index contributed by atoms with van der Waals surface area (Å²) in [5.41, 5.74) is 3.74. The van der Waals surface area contributed by atoms with Crippen molar-refractivity contribution in [3.05, 3.63) is 59.2 Å². The molecule has 0 saturated carbocycles. The van der Waals surface area contributed by atoms with Crippen molar-refractivity contribution >= 4 is 34.7 Å². The van der Waals surface area contributed by atoms with Crippen molar-refractivity contribution in [3.63, 3.8) is 0 Å². The Morgan fingerprint density at radius 1 is 1.29 bits per heavy atom. The number of carbonyl (C=O) groups is 1. The number of rotatable bonds is 6. The van der Waals surface area contributed by atoms with Gasteiger partial charge in [0.05, 0.1) is 36.3 Å². The maximum Gasteiger partial charge on any atom is 0.338 e. The van der Waals surface area contributed by atoms with Gasteiger partial charge in [-0.15, -0.1) is 0 Å². The zero-order valence-electron chi connectivity index (χ0n) is 15.9. The van der Waals surface area contributed by atoms with E-state index in [1.807, 2.05) is 26.1 Å². The first-order valence-corrected chi connectivity index (χ1v) is 9.16. The average molecular weight is 399 g/mol. The van der Waals surface area contributed by atoms with E-state index in [2.05, 4.69) is 20.9 Å². The van der Waals surface area contributed by atoms with Crippen LogP contribution in [-0.4, -0.2) is 32.6 Å². The summed E-state index contributed by atoms with van der Waals surface area (Å²) in [6.07, 6.45) is 3.52. The largest absolute Gasteiger partial charge is 0.462 e. The molecule has 3 aromatic rings. The molecule has 0 bridgehead atoms. The lowest BCUT2D eigenvalue weighted by molar-refractivity contribution is 0.0526. The summed E-state index contributed by atoms with van der Waals surface area (Å²) in [5, 5.41) is 14.8. The fourth-order valence-electron chi connectivity index (χ4n) is 2.64. The summed E-state index contributed by atoms with van der Waals surface area (Å²) in [7, 11) is 0. The van der Waals surface area contributed by atoms with Crippen LogP contribution < -0.4 is 10.6 Å². The summed E-state index contributed by atoms with van der Waals surface area (Å²) >= 11 is 5.34. The highest BCUT2D eigenvalue weighted by atomic mass is 32.1. The monoisotopic (exact) mass is 399 g/mol. The molecule has 0 amide bonds. The normalized spacial score (nSPS) is 10.5. The van der Waals surface area contributed by atoms with E-state index in [9.17, 15) is 4.79 Å². The van der Waals surface area contributed by atoms with Crippen molar-refractivity contribution in [1.82, 2.24) is 14.9 Å². The van der Waals surface area contributed by atoms with E-state index in [0.717, 1.165) is 22.7 Å². The van der Waals surface area contributed by atoms with Gasteiger partial charge < -0.3 is 19.9 Å². The molecular weight excluding hydrogens is 378 g/mol. The summed E-state index contributed by atoms with van der Waals surface area (Å²) in [5.74, 6) is 0.409. The number of nitrogens with zero attached hydrogens (tertiary/aromatic N) is 3. The van der Waals surface area contributed by atoms with Gasteiger partial charge in [-0.2, -0.15) is 5.10 Å². The number of hydrogen-bond acceptors (Lipinski definition) is 6. The highest BCUT2D eigenvalue weighted by Gasteiger charge is 2.11. The third-order valence-corrected chi connectivity index (χ3v) is 4.23. The van der Waals surface area contributed by atoms with Crippen LogP contribution in [0, 0.1) is 13.8 Å². The minimum Gasteiger partial charge on any atom is -0.462 e. The minimum atomic E-state index is -0.370. The molecule has 0 saturated heterocycles. The molecule has 0 spiro atoms. The van der Waals surface area contributed by atoms with Crippen LogP contribution in [0.1, 0.15) is 34.3 Å². The van der Waals surface area contributed by atoms with Gasteiger partial charge in [0, 0.05) is 17.4 Å². The predicted octanol–water partition coefficient (Wildman–Crippen LogP) is 3.52. The fourth-order valence-corrected chi connectivity index (χ4v) is 2.87. The topological polar surface area (TPSA) is 94.2 Å². The highest BCUT2D eigenvalue weighted by molar-refractivity contribution is 7.80. The Labute approximate surface area is 167 Å². The van der Waals surface area contributed by atoms with Crippen molar-refractivity contribution < 1.29 is 14.1 Å². The van der Waals surface area contributed by atoms with E-state index in [0.29, 0.717) is 29.5 Å². The third-order valence-electron chi connectivity index (χ3n) is 4.02. The molecular formula is C19H21N5O3S. The van der Waals surface area contributed by atoms with Gasteiger partial charge in [-0.3, -0.25) is 4.68 Å². The molecule has 8 nitrogen and oxygen atoms in total. The van der Waals surface area contributed by atoms with Gasteiger partial charge in [0.15, 0.2) is 5.11 Å². The number of anilines is 2. The molecule has 2 heterocycles. The number of aryl methyl sites for hydroxylation is 2. The summed E-state index contributed by atoms with van der Waals surface area (Å²) < 4.78 is 12.0. The number of aromatic nitrogens is 3. The van der Waals surface area contributed by atoms with Gasteiger partial charge >= 0.3 is 5.97 Å². The van der Waals surface area contributed by atoms with Gasteiger partial charge in [0.1, 0.15) is 5.76 Å². The Hall–Kier alpha value is -3.20. The number of esters is 1. The molecule has 0 radical (unpaired) electrons. The first-order chi connectivity index (χ1) is 13.5. The molecule has 0 atom stereocenters. The molecule has 3 rings (SSSR count). The van der Waals surface area contributed by atoms with Crippen molar-refractivity contribution in [2.75, 3.05) is 17.2 Å². The second-order valence-corrected chi connectivity index (χ2v) is 6.52. The molecule has 0 aliphatic heterocycles. The molecule has 146 valence electrons. The second kappa shape index (κ2) is 8.66. The van der Waals surface area contributed by atoms with E-state index >= 15 is 0 Å². The fraction of sp³-hybridized carbons (Fsp3) is 0.263. The number of carbonyl (C=O) groups excluding carboxylic acids is 1. The van der Waals surface area contributed by atoms with Crippen molar-refractivity contribution in [2.45, 2.75) is 27.3 Å². The van der Waals surface area contributed by atoms with Gasteiger partial charge in [-0.1, -0.05) is 11.2 Å². The molecule has 1 aromatic carbocycles. The molecule has 0 aliphatic rings. The Bertz CT molecular complexity index is 976. The molecule has 0 unspecified atom stereocenters. The Kier molecular flexibility index (Phi) is 6.05. The SMILES string of the molecule is CCOC(=O)c1cccc(NC(=S)Nc2cnn(Cc3c(C)noc3C)c2)c1. The van der Waals surface area contributed by atoms with Crippen molar-refractivity contribution in [2.24, 2.45) is 0 Å². The first-order valence-electron chi connectivity index (χ1n) is 8.75. The van der Waals surface area contributed by atoms with Crippen LogP contribution in [-0.2, 0) is 11.3 Å². The lowest BCUT2D eigenvalue weighted by Crippen LogP contribution is -2.19. The van der Waals surface area contributed by atoms with Crippen LogP contribution in [0.4, 0.5) is 11.4 Å².